The molecule has 111 heavy (non-hydrogen) atoms. The molecule has 0 bridgehead atoms. The van der Waals surface area contributed by atoms with Crippen LogP contribution in [-0.4, -0.2) is 81.0 Å². The minimum absolute atomic E-state index is 0.00347. The maximum atomic E-state index is 12.5. The highest BCUT2D eigenvalue weighted by atomic mass is 16.6. The molecule has 652 valence electrons. The number of ether oxygens (including phenoxy) is 7. The number of hydrogen-bond donors (Lipinski definition) is 0. The molecule has 7 saturated carbocycles. The molecule has 4 unspecified atom stereocenters. The van der Waals surface area contributed by atoms with E-state index in [1.54, 1.807) is 0 Å². The molecule has 0 N–H and O–H groups in total. The second-order valence-electron chi connectivity index (χ2n) is 38.8. The predicted octanol–water partition coefficient (Wildman–Crippen LogP) is 27.9. The van der Waals surface area contributed by atoms with Crippen LogP contribution in [0.15, 0.2) is 0 Å². The maximum Gasteiger partial charge on any atom is 0.312 e. The van der Waals surface area contributed by atoms with E-state index in [-0.39, 0.29) is 121 Å². The van der Waals surface area contributed by atoms with Gasteiger partial charge in [-0.15, -0.1) is 0 Å². The zero-order valence-corrected chi connectivity index (χ0v) is 77.6. The zero-order chi connectivity index (χ0) is 84.4. The van der Waals surface area contributed by atoms with Crippen LogP contribution in [0.5, 0.6) is 0 Å². The molecule has 0 aromatic carbocycles. The van der Waals surface area contributed by atoms with Crippen LogP contribution in [0.25, 0.3) is 0 Å². The topological polar surface area (TPSA) is 184 Å². The SMILES string of the molecule is CCC(C)(C)C(=O)OC(CC)(CC)C1CCCCCC1.CCC(C)(C)C(=O)OC1(C)CCCC1.CCC(C)C(=O)OC(C)(C)C1CCCCCCC1.CCC(C)C(=O)OC1(C)CCCCC1.CCC(C)C(=O)OC1(C)CCCCCC1.CCC(C)C(=O)OC1(CC)CCCC1.CCC1(OC(=O)C(C)(C)CC)CCCCC1. The third-order valence-corrected chi connectivity index (χ3v) is 27.9. The fourth-order valence-electron chi connectivity index (χ4n) is 16.1. The van der Waals surface area contributed by atoms with Gasteiger partial charge in [-0.05, 0) is 313 Å². The van der Waals surface area contributed by atoms with Crippen molar-refractivity contribution in [2.75, 3.05) is 0 Å². The van der Waals surface area contributed by atoms with Gasteiger partial charge in [-0.25, -0.2) is 0 Å². The van der Waals surface area contributed by atoms with Crippen molar-refractivity contribution in [2.24, 2.45) is 51.8 Å². The quantitative estimate of drug-likeness (QED) is 0.0430. The molecule has 14 nitrogen and oxygen atoms in total. The van der Waals surface area contributed by atoms with Gasteiger partial charge in [0.05, 0.1) is 39.9 Å². The lowest BCUT2D eigenvalue weighted by molar-refractivity contribution is -0.180. The molecule has 0 amide bonds. The summed E-state index contributed by atoms with van der Waals surface area (Å²) in [7, 11) is 0. The Morgan fingerprint density at radius 1 is 0.288 bits per heavy atom. The van der Waals surface area contributed by atoms with Crippen molar-refractivity contribution >= 4 is 41.8 Å². The van der Waals surface area contributed by atoms with Crippen molar-refractivity contribution in [3.8, 4) is 0 Å². The standard InChI is InChI=1S/C18H34O2.C16H30O2.C14H26O2.C13H24O2.3C12H22O2/c1-6-17(4,5)16(19)20-18(7-2,8-3)15-13-11-9-10-12-14-15;1-5-13(2)15(17)18-16(3,4)14-11-9-7-6-8-10-12-14;1-5-13(3,4)12(15)16-14(6-2)10-8-7-9-11-14;1-4-11(2)12(14)15-13(3)9-7-5-6-8-10-13;1-5-11(2,3)10(13)14-12(4)8-6-7-9-12;1-4-10(2)11(13)14-12(3)8-6-5-7-9-12;1-4-10(3)11(13)14-12(5-2)8-6-7-9-12/h15H,6-14H2,1-5H3;13-14H,5-12H2,1-4H3;5-11H2,1-4H3;11H,4-10H2,1-3H3;5-9H2,1-4H3;2*10H,4-9H2,1-3H3. The fraction of sp³-hybridized carbons (Fsp3) is 0.928. The first-order valence-corrected chi connectivity index (χ1v) is 46.6. The van der Waals surface area contributed by atoms with Gasteiger partial charge in [0.2, 0.25) is 0 Å². The van der Waals surface area contributed by atoms with Gasteiger partial charge in [-0.2, -0.15) is 0 Å². The minimum Gasteiger partial charge on any atom is -0.459 e. The van der Waals surface area contributed by atoms with E-state index < -0.39 is 0 Å². The Morgan fingerprint density at radius 2 is 0.541 bits per heavy atom. The van der Waals surface area contributed by atoms with Crippen LogP contribution < -0.4 is 0 Å². The molecule has 0 saturated heterocycles. The van der Waals surface area contributed by atoms with E-state index in [1.165, 1.54) is 173 Å². The van der Waals surface area contributed by atoms with E-state index in [0.29, 0.717) is 11.8 Å². The average molecular weight is 1570 g/mol. The Bertz CT molecular complexity index is 2560. The summed E-state index contributed by atoms with van der Waals surface area (Å²) in [6.45, 7) is 52.9. The van der Waals surface area contributed by atoms with Gasteiger partial charge >= 0.3 is 41.8 Å². The van der Waals surface area contributed by atoms with Crippen LogP contribution in [-0.2, 0) is 66.7 Å². The van der Waals surface area contributed by atoms with Gasteiger partial charge in [0.15, 0.2) is 0 Å². The zero-order valence-electron chi connectivity index (χ0n) is 77.6. The normalized spacial score (nSPS) is 21.1. The lowest BCUT2D eigenvalue weighted by Crippen LogP contribution is -2.44. The van der Waals surface area contributed by atoms with Gasteiger partial charge in [0, 0.05) is 0 Å². The van der Waals surface area contributed by atoms with Crippen molar-refractivity contribution in [2.45, 2.75) is 527 Å². The van der Waals surface area contributed by atoms with Crippen LogP contribution in [0, 0.1) is 51.8 Å². The molecule has 0 radical (unpaired) electrons. The molecule has 7 aliphatic carbocycles. The molecule has 4 atom stereocenters. The summed E-state index contributed by atoms with van der Waals surface area (Å²) >= 11 is 0. The molecular formula is C97H180O14. The monoisotopic (exact) mass is 1570 g/mol. The number of carbonyl (C=O) groups excluding carboxylic acids is 7. The van der Waals surface area contributed by atoms with E-state index in [9.17, 15) is 33.6 Å². The van der Waals surface area contributed by atoms with Crippen molar-refractivity contribution in [1.29, 1.82) is 0 Å². The van der Waals surface area contributed by atoms with Crippen molar-refractivity contribution in [3.05, 3.63) is 0 Å². The Balaban J connectivity index is 0.000000650. The van der Waals surface area contributed by atoms with Crippen LogP contribution >= 0.6 is 0 Å². The second kappa shape index (κ2) is 52.2. The minimum atomic E-state index is -0.361. The highest BCUT2D eigenvalue weighted by Crippen LogP contribution is 2.44. The number of esters is 7. The molecule has 0 spiro atoms. The van der Waals surface area contributed by atoms with Crippen LogP contribution in [0.4, 0.5) is 0 Å². The summed E-state index contributed by atoms with van der Waals surface area (Å²) in [6, 6.07) is 0. The first-order valence-electron chi connectivity index (χ1n) is 46.6. The summed E-state index contributed by atoms with van der Waals surface area (Å²) in [4.78, 5) is 83.5. The third-order valence-electron chi connectivity index (χ3n) is 27.9. The lowest BCUT2D eigenvalue weighted by Gasteiger charge is -2.41. The lowest BCUT2D eigenvalue weighted by atomic mass is 9.77. The summed E-state index contributed by atoms with van der Waals surface area (Å²) in [5.74, 6) is 1.15. The van der Waals surface area contributed by atoms with Crippen LogP contribution in [0.1, 0.15) is 488 Å². The van der Waals surface area contributed by atoms with E-state index in [4.69, 9.17) is 33.2 Å². The Kier molecular flexibility index (Phi) is 49.5. The second-order valence-corrected chi connectivity index (χ2v) is 38.8. The third kappa shape index (κ3) is 38.1. The van der Waals surface area contributed by atoms with E-state index in [0.717, 1.165) is 135 Å². The average Bonchev–Trinajstić information content (AvgIpc) is 1.55. The van der Waals surface area contributed by atoms with Crippen molar-refractivity contribution in [1.82, 2.24) is 0 Å². The molecule has 7 aliphatic rings. The van der Waals surface area contributed by atoms with Gasteiger partial charge < -0.3 is 33.2 Å². The summed E-state index contributed by atoms with van der Waals surface area (Å²) in [6.07, 6.45) is 54.1. The predicted molar refractivity (Wildman–Crippen MR) is 459 cm³/mol. The van der Waals surface area contributed by atoms with E-state index >= 15 is 0 Å². The van der Waals surface area contributed by atoms with Crippen molar-refractivity contribution in [3.63, 3.8) is 0 Å². The van der Waals surface area contributed by atoms with Gasteiger partial charge in [0.1, 0.15) is 39.2 Å². The summed E-state index contributed by atoms with van der Waals surface area (Å²) in [5, 5.41) is 0. The first-order chi connectivity index (χ1) is 52.0. The molecule has 0 heterocycles. The molecule has 7 rings (SSSR count). The number of carbonyl (C=O) groups is 7. The van der Waals surface area contributed by atoms with Gasteiger partial charge in [0.25, 0.3) is 0 Å². The maximum absolute atomic E-state index is 12.5. The number of hydrogen-bond acceptors (Lipinski definition) is 14. The summed E-state index contributed by atoms with van der Waals surface area (Å²) in [5.41, 5.74) is -2.33. The summed E-state index contributed by atoms with van der Waals surface area (Å²) < 4.78 is 40.3. The Hall–Kier alpha value is -3.71. The van der Waals surface area contributed by atoms with E-state index in [2.05, 4.69) is 69.2 Å². The smallest absolute Gasteiger partial charge is 0.312 e. The number of rotatable bonds is 27. The molecule has 7 fully saturated rings. The molecule has 14 heteroatoms. The molecule has 0 aromatic heterocycles. The van der Waals surface area contributed by atoms with E-state index in [1.807, 2.05) is 111 Å². The highest BCUT2D eigenvalue weighted by molar-refractivity contribution is 5.78. The molecule has 0 aromatic rings. The largest absolute Gasteiger partial charge is 0.459 e. The van der Waals surface area contributed by atoms with Crippen LogP contribution in [0.3, 0.4) is 0 Å². The Morgan fingerprint density at radius 3 is 0.874 bits per heavy atom. The molecular weight excluding hydrogens is 1390 g/mol. The highest BCUT2D eigenvalue weighted by Gasteiger charge is 2.45. The van der Waals surface area contributed by atoms with Gasteiger partial charge in [-0.3, -0.25) is 33.6 Å². The van der Waals surface area contributed by atoms with Crippen molar-refractivity contribution < 1.29 is 66.7 Å². The van der Waals surface area contributed by atoms with Gasteiger partial charge in [-0.1, -0.05) is 187 Å². The first kappa shape index (κ1) is 105. The molecule has 0 aliphatic heterocycles. The fourth-order valence-corrected chi connectivity index (χ4v) is 16.1. The Labute approximate surface area is 684 Å². The van der Waals surface area contributed by atoms with Crippen LogP contribution in [0.2, 0.25) is 0 Å².